The van der Waals surface area contributed by atoms with Crippen molar-refractivity contribution in [2.75, 3.05) is 19.6 Å². The molecule has 0 aromatic heterocycles. The standard InChI is InChI=1S/C22H28N2O3S/c25-22(23-15-7-10-19-8-3-1-4-9-19)18-20-13-16-24(17-14-20)28(26,27)21-11-5-2-6-12-21/h1-6,8-9,11-12,20H,7,10,13-18H2,(H,23,25). The summed E-state index contributed by atoms with van der Waals surface area (Å²) in [6.45, 7) is 1.63. The third-order valence-electron chi connectivity index (χ3n) is 5.24. The molecule has 5 nitrogen and oxygen atoms in total. The molecule has 2 aromatic carbocycles. The van der Waals surface area contributed by atoms with Crippen molar-refractivity contribution in [1.82, 2.24) is 9.62 Å². The predicted molar refractivity (Wildman–Crippen MR) is 110 cm³/mol. The molecule has 0 saturated carbocycles. The van der Waals surface area contributed by atoms with Crippen LogP contribution in [0.3, 0.4) is 0 Å². The van der Waals surface area contributed by atoms with Crippen molar-refractivity contribution in [3.8, 4) is 0 Å². The average molecular weight is 401 g/mol. The Morgan fingerprint density at radius 1 is 0.964 bits per heavy atom. The first-order chi connectivity index (χ1) is 13.6. The molecule has 1 aliphatic rings. The number of carbonyl (C=O) groups is 1. The van der Waals surface area contributed by atoms with Crippen molar-refractivity contribution < 1.29 is 13.2 Å². The molecule has 0 unspecified atom stereocenters. The van der Waals surface area contributed by atoms with Gasteiger partial charge in [0.1, 0.15) is 0 Å². The summed E-state index contributed by atoms with van der Waals surface area (Å²) in [7, 11) is -3.43. The Labute approximate surface area is 167 Å². The topological polar surface area (TPSA) is 66.5 Å². The number of hydrogen-bond acceptors (Lipinski definition) is 3. The zero-order chi connectivity index (χ0) is 19.8. The lowest BCUT2D eigenvalue weighted by Crippen LogP contribution is -2.39. The van der Waals surface area contributed by atoms with Gasteiger partial charge in [-0.1, -0.05) is 48.5 Å². The Balaban J connectivity index is 1.37. The van der Waals surface area contributed by atoms with Gasteiger partial charge in [-0.3, -0.25) is 4.79 Å². The largest absolute Gasteiger partial charge is 0.356 e. The smallest absolute Gasteiger partial charge is 0.243 e. The molecule has 0 spiro atoms. The highest BCUT2D eigenvalue weighted by Gasteiger charge is 2.29. The zero-order valence-electron chi connectivity index (χ0n) is 16.1. The first-order valence-electron chi connectivity index (χ1n) is 9.91. The second-order valence-corrected chi connectivity index (χ2v) is 9.24. The third-order valence-corrected chi connectivity index (χ3v) is 7.15. The van der Waals surface area contributed by atoms with Crippen LogP contribution in [-0.4, -0.2) is 38.3 Å². The van der Waals surface area contributed by atoms with Crippen LogP contribution in [0.1, 0.15) is 31.2 Å². The summed E-state index contributed by atoms with van der Waals surface area (Å²) in [4.78, 5) is 12.5. The number of amides is 1. The Morgan fingerprint density at radius 2 is 1.57 bits per heavy atom. The van der Waals surface area contributed by atoms with Gasteiger partial charge in [0.25, 0.3) is 0 Å². The molecule has 0 bridgehead atoms. The minimum absolute atomic E-state index is 0.0671. The van der Waals surface area contributed by atoms with E-state index in [9.17, 15) is 13.2 Å². The molecule has 6 heteroatoms. The number of rotatable bonds is 8. The SMILES string of the molecule is O=C(CC1CCN(S(=O)(=O)c2ccccc2)CC1)NCCCc1ccccc1. The molecule has 1 amide bonds. The van der Waals surface area contributed by atoms with E-state index in [1.807, 2.05) is 24.3 Å². The number of nitrogens with one attached hydrogen (secondary N) is 1. The van der Waals surface area contributed by atoms with Crippen LogP contribution in [0.5, 0.6) is 0 Å². The van der Waals surface area contributed by atoms with Crippen LogP contribution in [0.15, 0.2) is 65.6 Å². The molecular formula is C22H28N2O3S. The van der Waals surface area contributed by atoms with Crippen molar-refractivity contribution in [3.05, 3.63) is 66.2 Å². The van der Waals surface area contributed by atoms with E-state index < -0.39 is 10.0 Å². The quantitative estimate of drug-likeness (QED) is 0.692. The zero-order valence-corrected chi connectivity index (χ0v) is 16.9. The lowest BCUT2D eigenvalue weighted by atomic mass is 9.94. The van der Waals surface area contributed by atoms with Crippen LogP contribution in [0.2, 0.25) is 0 Å². The summed E-state index contributed by atoms with van der Waals surface area (Å²) in [5.41, 5.74) is 1.28. The van der Waals surface area contributed by atoms with E-state index in [4.69, 9.17) is 0 Å². The fraction of sp³-hybridized carbons (Fsp3) is 0.409. The maximum Gasteiger partial charge on any atom is 0.243 e. The third kappa shape index (κ3) is 5.66. The molecule has 28 heavy (non-hydrogen) atoms. The first-order valence-corrected chi connectivity index (χ1v) is 11.4. The Kier molecular flexibility index (Phi) is 7.23. The summed E-state index contributed by atoms with van der Waals surface area (Å²) in [5.74, 6) is 0.314. The minimum Gasteiger partial charge on any atom is -0.356 e. The van der Waals surface area contributed by atoms with Gasteiger partial charge in [0.05, 0.1) is 4.90 Å². The Morgan fingerprint density at radius 3 is 2.21 bits per heavy atom. The minimum atomic E-state index is -3.43. The molecule has 0 radical (unpaired) electrons. The van der Waals surface area contributed by atoms with Crippen LogP contribution in [0, 0.1) is 5.92 Å². The van der Waals surface area contributed by atoms with Gasteiger partial charge in [0, 0.05) is 26.1 Å². The second kappa shape index (κ2) is 9.85. The summed E-state index contributed by atoms with van der Waals surface area (Å²) in [6.07, 6.45) is 3.80. The van der Waals surface area contributed by atoms with E-state index in [2.05, 4.69) is 17.4 Å². The van der Waals surface area contributed by atoms with E-state index in [0.29, 0.717) is 31.0 Å². The molecule has 1 saturated heterocycles. The number of piperidine rings is 1. The molecule has 1 N–H and O–H groups in total. The number of hydrogen-bond donors (Lipinski definition) is 1. The summed E-state index contributed by atoms with van der Waals surface area (Å²) in [6, 6.07) is 18.8. The molecule has 0 atom stereocenters. The van der Waals surface area contributed by atoms with Crippen LogP contribution >= 0.6 is 0 Å². The van der Waals surface area contributed by atoms with E-state index in [1.165, 1.54) is 9.87 Å². The average Bonchev–Trinajstić information content (AvgIpc) is 2.73. The van der Waals surface area contributed by atoms with Crippen LogP contribution in [0.25, 0.3) is 0 Å². The van der Waals surface area contributed by atoms with Crippen LogP contribution in [0.4, 0.5) is 0 Å². The van der Waals surface area contributed by atoms with Crippen molar-refractivity contribution >= 4 is 15.9 Å². The van der Waals surface area contributed by atoms with E-state index in [0.717, 1.165) is 25.7 Å². The molecule has 1 heterocycles. The fourth-order valence-electron chi connectivity index (χ4n) is 3.59. The highest BCUT2D eigenvalue weighted by atomic mass is 32.2. The first kappa shape index (κ1) is 20.6. The molecule has 3 rings (SSSR count). The van der Waals surface area contributed by atoms with Crippen molar-refractivity contribution in [1.29, 1.82) is 0 Å². The van der Waals surface area contributed by atoms with Crippen molar-refractivity contribution in [3.63, 3.8) is 0 Å². The van der Waals surface area contributed by atoms with Gasteiger partial charge in [-0.05, 0) is 49.3 Å². The summed E-state index contributed by atoms with van der Waals surface area (Å²) < 4.78 is 26.8. The maximum atomic E-state index is 12.7. The number of benzene rings is 2. The number of nitrogens with zero attached hydrogens (tertiary/aromatic N) is 1. The van der Waals surface area contributed by atoms with Gasteiger partial charge in [-0.25, -0.2) is 8.42 Å². The monoisotopic (exact) mass is 400 g/mol. The normalized spacial score (nSPS) is 16.0. The lowest BCUT2D eigenvalue weighted by molar-refractivity contribution is -0.122. The summed E-state index contributed by atoms with van der Waals surface area (Å²) >= 11 is 0. The molecule has 0 aliphatic carbocycles. The van der Waals surface area contributed by atoms with Gasteiger partial charge in [0.2, 0.25) is 15.9 Å². The van der Waals surface area contributed by atoms with E-state index >= 15 is 0 Å². The number of carbonyl (C=O) groups excluding carboxylic acids is 1. The molecule has 1 fully saturated rings. The van der Waals surface area contributed by atoms with E-state index in [1.54, 1.807) is 24.3 Å². The second-order valence-electron chi connectivity index (χ2n) is 7.30. The molecule has 2 aromatic rings. The molecular weight excluding hydrogens is 372 g/mol. The van der Waals surface area contributed by atoms with Crippen LogP contribution in [-0.2, 0) is 21.2 Å². The van der Waals surface area contributed by atoms with Gasteiger partial charge in [-0.15, -0.1) is 0 Å². The van der Waals surface area contributed by atoms with Gasteiger partial charge in [-0.2, -0.15) is 4.31 Å². The number of aryl methyl sites for hydroxylation is 1. The van der Waals surface area contributed by atoms with E-state index in [-0.39, 0.29) is 11.8 Å². The highest BCUT2D eigenvalue weighted by molar-refractivity contribution is 7.89. The highest BCUT2D eigenvalue weighted by Crippen LogP contribution is 2.25. The Bertz CT molecular complexity index is 846. The summed E-state index contributed by atoms with van der Waals surface area (Å²) in [5, 5.41) is 3.00. The van der Waals surface area contributed by atoms with Crippen molar-refractivity contribution in [2.24, 2.45) is 5.92 Å². The maximum absolute atomic E-state index is 12.7. The molecule has 150 valence electrons. The van der Waals surface area contributed by atoms with Crippen LogP contribution < -0.4 is 5.32 Å². The van der Waals surface area contributed by atoms with Gasteiger partial charge >= 0.3 is 0 Å². The number of sulfonamides is 1. The van der Waals surface area contributed by atoms with Gasteiger partial charge in [0.15, 0.2) is 0 Å². The predicted octanol–water partition coefficient (Wildman–Crippen LogP) is 3.23. The lowest BCUT2D eigenvalue weighted by Gasteiger charge is -2.31. The molecule has 1 aliphatic heterocycles. The Hall–Kier alpha value is -2.18. The van der Waals surface area contributed by atoms with Gasteiger partial charge < -0.3 is 5.32 Å². The van der Waals surface area contributed by atoms with Crippen molar-refractivity contribution in [2.45, 2.75) is 37.0 Å². The fourth-order valence-corrected chi connectivity index (χ4v) is 5.09.